The lowest BCUT2D eigenvalue weighted by Gasteiger charge is -1.71. The van der Waals surface area contributed by atoms with Crippen molar-refractivity contribution in [1.82, 2.24) is 4.98 Å². The van der Waals surface area contributed by atoms with Gasteiger partial charge in [-0.2, -0.15) is 10.5 Å². The van der Waals surface area contributed by atoms with Crippen molar-refractivity contribution in [3.05, 3.63) is 16.1 Å². The molecule has 0 bridgehead atoms. The van der Waals surface area contributed by atoms with Gasteiger partial charge in [-0.05, 0) is 0 Å². The largest absolute Gasteiger partial charge is 0.233 e. The van der Waals surface area contributed by atoms with Gasteiger partial charge in [0.2, 0.25) is 0 Å². The van der Waals surface area contributed by atoms with E-state index in [2.05, 4.69) is 4.98 Å². The van der Waals surface area contributed by atoms with E-state index >= 15 is 0 Å². The summed E-state index contributed by atoms with van der Waals surface area (Å²) in [6, 6.07) is 3.66. The summed E-state index contributed by atoms with van der Waals surface area (Å²) in [5.41, 5.74) is 1.71. The van der Waals surface area contributed by atoms with E-state index in [0.29, 0.717) is 4.88 Å². The Bertz CT molecular complexity index is 259. The first-order valence-electron chi connectivity index (χ1n) is 2.12. The maximum atomic E-state index is 8.31. The number of rotatable bonds is 0. The van der Waals surface area contributed by atoms with E-state index in [1.807, 2.05) is 6.07 Å². The number of hydrogen-bond donors (Lipinski definition) is 0. The highest BCUT2D eigenvalue weighted by atomic mass is 32.1. The van der Waals surface area contributed by atoms with Gasteiger partial charge in [0.05, 0.1) is 5.51 Å². The third kappa shape index (κ3) is 0.883. The average Bonchev–Trinajstić information content (AvgIpc) is 2.33. The SMILES string of the molecule is N#Cc1ncsc1C#N. The molecule has 0 amide bonds. The zero-order valence-electron chi connectivity index (χ0n) is 4.33. The van der Waals surface area contributed by atoms with Crippen LogP contribution in [0.4, 0.5) is 0 Å². The maximum absolute atomic E-state index is 8.31. The second-order valence-electron chi connectivity index (χ2n) is 1.25. The van der Waals surface area contributed by atoms with Crippen LogP contribution < -0.4 is 0 Å². The minimum Gasteiger partial charge on any atom is -0.233 e. The molecule has 0 aromatic carbocycles. The van der Waals surface area contributed by atoms with E-state index in [4.69, 9.17) is 10.5 Å². The number of thiazole rings is 1. The van der Waals surface area contributed by atoms with Crippen molar-refractivity contribution in [3.8, 4) is 12.1 Å². The summed E-state index contributed by atoms with van der Waals surface area (Å²) < 4.78 is 0. The molecule has 9 heavy (non-hydrogen) atoms. The Balaban J connectivity index is 3.22. The molecule has 0 fully saturated rings. The molecule has 42 valence electrons. The molecule has 0 radical (unpaired) electrons. The lowest BCUT2D eigenvalue weighted by atomic mass is 10.4. The van der Waals surface area contributed by atoms with Gasteiger partial charge in [-0.1, -0.05) is 0 Å². The summed E-state index contributed by atoms with van der Waals surface area (Å²) in [6.45, 7) is 0. The lowest BCUT2D eigenvalue weighted by Crippen LogP contribution is -1.74. The molecule has 0 unspecified atom stereocenters. The van der Waals surface area contributed by atoms with E-state index in [1.165, 1.54) is 16.8 Å². The molecule has 1 heterocycles. The smallest absolute Gasteiger partial charge is 0.169 e. The Kier molecular flexibility index (Phi) is 1.44. The van der Waals surface area contributed by atoms with Crippen LogP contribution in [0, 0.1) is 22.7 Å². The minimum absolute atomic E-state index is 0.225. The first-order chi connectivity index (χ1) is 4.38. The molecule has 3 nitrogen and oxygen atoms in total. The van der Waals surface area contributed by atoms with Gasteiger partial charge in [0.15, 0.2) is 5.69 Å². The monoisotopic (exact) mass is 135 g/mol. The van der Waals surface area contributed by atoms with Crippen molar-refractivity contribution in [2.75, 3.05) is 0 Å². The molecule has 0 atom stereocenters. The molecule has 1 aromatic heterocycles. The molecule has 1 rings (SSSR count). The zero-order chi connectivity index (χ0) is 6.69. The Morgan fingerprint density at radius 1 is 1.44 bits per heavy atom. The van der Waals surface area contributed by atoms with E-state index in [1.54, 1.807) is 6.07 Å². The maximum Gasteiger partial charge on any atom is 0.169 e. The third-order valence-corrected chi connectivity index (χ3v) is 1.51. The van der Waals surface area contributed by atoms with E-state index < -0.39 is 0 Å². The molecular formula is C5HN3S. The Morgan fingerprint density at radius 2 is 2.22 bits per heavy atom. The fraction of sp³-hybridized carbons (Fsp3) is 0. The van der Waals surface area contributed by atoms with Crippen molar-refractivity contribution in [1.29, 1.82) is 10.5 Å². The zero-order valence-corrected chi connectivity index (χ0v) is 5.14. The molecule has 4 heteroatoms. The normalized spacial score (nSPS) is 7.78. The molecule has 0 N–H and O–H groups in total. The topological polar surface area (TPSA) is 60.5 Å². The number of aromatic nitrogens is 1. The van der Waals surface area contributed by atoms with Gasteiger partial charge in [-0.15, -0.1) is 11.3 Å². The predicted octanol–water partition coefficient (Wildman–Crippen LogP) is 0.886. The molecule has 0 aliphatic carbocycles. The number of nitriles is 2. The van der Waals surface area contributed by atoms with Gasteiger partial charge in [-0.3, -0.25) is 0 Å². The summed E-state index contributed by atoms with van der Waals surface area (Å²) in [7, 11) is 0. The molecule has 0 spiro atoms. The Morgan fingerprint density at radius 3 is 2.67 bits per heavy atom. The van der Waals surface area contributed by atoms with Crippen LogP contribution in [-0.2, 0) is 0 Å². The average molecular weight is 135 g/mol. The first kappa shape index (κ1) is 5.74. The van der Waals surface area contributed by atoms with E-state index in [-0.39, 0.29) is 5.69 Å². The second kappa shape index (κ2) is 2.25. The van der Waals surface area contributed by atoms with Gasteiger partial charge in [0.25, 0.3) is 0 Å². The molecule has 0 aliphatic rings. The number of nitrogens with zero attached hydrogens (tertiary/aromatic N) is 3. The quantitative estimate of drug-likeness (QED) is 0.530. The van der Waals surface area contributed by atoms with Crippen molar-refractivity contribution in [3.63, 3.8) is 0 Å². The summed E-state index contributed by atoms with van der Waals surface area (Å²) in [4.78, 5) is 4.03. The minimum atomic E-state index is 0.225. The van der Waals surface area contributed by atoms with Crippen molar-refractivity contribution in [2.45, 2.75) is 0 Å². The molecule has 0 aliphatic heterocycles. The van der Waals surface area contributed by atoms with Crippen LogP contribution in [0.5, 0.6) is 0 Å². The van der Waals surface area contributed by atoms with Crippen LogP contribution in [0.3, 0.4) is 0 Å². The highest BCUT2D eigenvalue weighted by molar-refractivity contribution is 7.10. The van der Waals surface area contributed by atoms with Gasteiger partial charge in [0.1, 0.15) is 17.0 Å². The van der Waals surface area contributed by atoms with Gasteiger partial charge in [-0.25, -0.2) is 4.98 Å². The van der Waals surface area contributed by atoms with Gasteiger partial charge < -0.3 is 0 Å². The fourth-order valence-corrected chi connectivity index (χ4v) is 0.931. The standard InChI is InChI=1S/C5HN3S/c6-1-4-5(2-7)9-3-8-4/h3H. The summed E-state index contributed by atoms with van der Waals surface area (Å²) in [6.07, 6.45) is 0. The highest BCUT2D eigenvalue weighted by Crippen LogP contribution is 2.08. The highest BCUT2D eigenvalue weighted by Gasteiger charge is 2.01. The van der Waals surface area contributed by atoms with Crippen LogP contribution in [0.2, 0.25) is 0 Å². The van der Waals surface area contributed by atoms with Crippen LogP contribution in [0.15, 0.2) is 5.51 Å². The molecule has 0 saturated heterocycles. The van der Waals surface area contributed by atoms with Crippen molar-refractivity contribution < 1.29 is 0 Å². The van der Waals surface area contributed by atoms with Crippen LogP contribution in [0.25, 0.3) is 0 Å². The summed E-state index contributed by atoms with van der Waals surface area (Å²) in [5.74, 6) is 0. The van der Waals surface area contributed by atoms with Crippen molar-refractivity contribution >= 4 is 11.3 Å². The molecule has 0 saturated carbocycles. The summed E-state index contributed by atoms with van der Waals surface area (Å²) in [5, 5.41) is 16.6. The summed E-state index contributed by atoms with van der Waals surface area (Å²) >= 11 is 1.18. The fourth-order valence-electron chi connectivity index (χ4n) is 0.405. The van der Waals surface area contributed by atoms with Crippen LogP contribution >= 0.6 is 11.3 Å². The van der Waals surface area contributed by atoms with Crippen LogP contribution in [-0.4, -0.2) is 4.98 Å². The second-order valence-corrected chi connectivity index (χ2v) is 2.11. The van der Waals surface area contributed by atoms with Crippen LogP contribution in [0.1, 0.15) is 10.6 Å². The predicted molar refractivity (Wildman–Crippen MR) is 31.5 cm³/mol. The Labute approximate surface area is 55.8 Å². The van der Waals surface area contributed by atoms with Gasteiger partial charge >= 0.3 is 0 Å². The van der Waals surface area contributed by atoms with E-state index in [9.17, 15) is 0 Å². The third-order valence-electron chi connectivity index (χ3n) is 0.775. The first-order valence-corrected chi connectivity index (χ1v) is 3.00. The van der Waals surface area contributed by atoms with E-state index in [0.717, 1.165) is 0 Å². The van der Waals surface area contributed by atoms with Crippen molar-refractivity contribution in [2.24, 2.45) is 0 Å². The van der Waals surface area contributed by atoms with Gasteiger partial charge in [0, 0.05) is 0 Å². The Hall–Kier alpha value is -1.39. The molecule has 1 aromatic rings. The molecular weight excluding hydrogens is 134 g/mol. The lowest BCUT2D eigenvalue weighted by molar-refractivity contribution is 1.32. The number of hydrogen-bond acceptors (Lipinski definition) is 4.